The van der Waals surface area contributed by atoms with Crippen LogP contribution < -0.4 is 0 Å². The normalized spacial score (nSPS) is 22.4. The standard InChI is InChI=1S/C17H22O4/c1-12(2)19-17(21-16(3,4)5)15(18)11-14(20-17)13-9-7-6-8-10-13/h6-12H,1-5H3. The van der Waals surface area contributed by atoms with Crippen LogP contribution in [0.5, 0.6) is 0 Å². The van der Waals surface area contributed by atoms with E-state index in [2.05, 4.69) is 0 Å². The fraction of sp³-hybridized carbons (Fsp3) is 0.471. The van der Waals surface area contributed by atoms with Gasteiger partial charge in [0.25, 0.3) is 5.78 Å². The van der Waals surface area contributed by atoms with Crippen LogP contribution >= 0.6 is 0 Å². The summed E-state index contributed by atoms with van der Waals surface area (Å²) in [6.07, 6.45) is 1.23. The molecule has 1 aromatic carbocycles. The van der Waals surface area contributed by atoms with Crippen molar-refractivity contribution < 1.29 is 19.0 Å². The highest BCUT2D eigenvalue weighted by atomic mass is 16.9. The molecule has 1 heterocycles. The third kappa shape index (κ3) is 3.71. The number of ketones is 1. The molecule has 0 amide bonds. The number of carbonyl (C=O) groups excluding carboxylic acids is 1. The summed E-state index contributed by atoms with van der Waals surface area (Å²) in [5.41, 5.74) is 0.238. The second-order valence-electron chi connectivity index (χ2n) is 6.28. The van der Waals surface area contributed by atoms with Gasteiger partial charge in [0.1, 0.15) is 5.76 Å². The molecular formula is C17H22O4. The van der Waals surface area contributed by atoms with Crippen LogP contribution in [0.1, 0.15) is 40.2 Å². The van der Waals surface area contributed by atoms with E-state index in [9.17, 15) is 4.79 Å². The van der Waals surface area contributed by atoms with Gasteiger partial charge in [0, 0.05) is 11.6 Å². The minimum absolute atomic E-state index is 0.208. The second-order valence-corrected chi connectivity index (χ2v) is 6.28. The third-order valence-electron chi connectivity index (χ3n) is 2.70. The summed E-state index contributed by atoms with van der Waals surface area (Å²) in [7, 11) is 0. The summed E-state index contributed by atoms with van der Waals surface area (Å²) in [4.78, 5) is 12.4. The van der Waals surface area contributed by atoms with Crippen LogP contribution in [0.25, 0.3) is 5.76 Å². The molecule has 1 atom stereocenters. The Labute approximate surface area is 125 Å². The molecule has 1 unspecified atom stereocenters. The van der Waals surface area contributed by atoms with Gasteiger partial charge in [-0.2, -0.15) is 0 Å². The molecule has 0 N–H and O–H groups in total. The van der Waals surface area contributed by atoms with E-state index >= 15 is 0 Å². The average Bonchev–Trinajstić information content (AvgIpc) is 2.64. The summed E-state index contributed by atoms with van der Waals surface area (Å²) < 4.78 is 17.3. The van der Waals surface area contributed by atoms with Crippen LogP contribution in [0, 0.1) is 0 Å². The SMILES string of the molecule is CC(C)OC1(OC(C)(C)C)OC(c2ccccc2)=CC1=O. The first-order valence-electron chi connectivity index (χ1n) is 7.10. The van der Waals surface area contributed by atoms with Crippen molar-refractivity contribution in [3.8, 4) is 0 Å². The summed E-state index contributed by atoms with van der Waals surface area (Å²) in [6, 6.07) is 9.43. The minimum Gasteiger partial charge on any atom is -0.432 e. The van der Waals surface area contributed by atoms with Gasteiger partial charge in [-0.05, 0) is 34.6 Å². The fourth-order valence-corrected chi connectivity index (χ4v) is 2.07. The van der Waals surface area contributed by atoms with Gasteiger partial charge >= 0.3 is 5.97 Å². The number of benzene rings is 1. The molecule has 114 valence electrons. The molecule has 0 aliphatic carbocycles. The zero-order valence-electron chi connectivity index (χ0n) is 13.2. The molecule has 0 saturated carbocycles. The molecule has 0 radical (unpaired) electrons. The Morgan fingerprint density at radius 2 is 1.76 bits per heavy atom. The topological polar surface area (TPSA) is 44.8 Å². The first-order chi connectivity index (χ1) is 9.72. The number of hydrogen-bond donors (Lipinski definition) is 0. The largest absolute Gasteiger partial charge is 0.432 e. The van der Waals surface area contributed by atoms with Crippen molar-refractivity contribution in [2.75, 3.05) is 0 Å². The van der Waals surface area contributed by atoms with Gasteiger partial charge in [0.15, 0.2) is 0 Å². The molecular weight excluding hydrogens is 268 g/mol. The van der Waals surface area contributed by atoms with Crippen molar-refractivity contribution in [1.29, 1.82) is 0 Å². The lowest BCUT2D eigenvalue weighted by Crippen LogP contribution is -2.49. The van der Waals surface area contributed by atoms with E-state index in [1.165, 1.54) is 6.08 Å². The predicted octanol–water partition coefficient (Wildman–Crippen LogP) is 3.52. The van der Waals surface area contributed by atoms with E-state index in [0.29, 0.717) is 5.76 Å². The zero-order chi connectivity index (χ0) is 15.7. The molecule has 4 nitrogen and oxygen atoms in total. The minimum atomic E-state index is -1.70. The van der Waals surface area contributed by atoms with Crippen molar-refractivity contribution in [3.63, 3.8) is 0 Å². The second kappa shape index (κ2) is 5.62. The summed E-state index contributed by atoms with van der Waals surface area (Å²) in [6.45, 7) is 9.25. The maximum atomic E-state index is 12.4. The maximum absolute atomic E-state index is 12.4. The Bertz CT molecular complexity index is 540. The smallest absolute Gasteiger partial charge is 0.396 e. The summed E-state index contributed by atoms with van der Waals surface area (Å²) >= 11 is 0. The first kappa shape index (κ1) is 15.7. The average molecular weight is 290 g/mol. The Morgan fingerprint density at radius 1 is 1.14 bits per heavy atom. The van der Waals surface area contributed by atoms with Gasteiger partial charge in [0.05, 0.1) is 11.7 Å². The monoisotopic (exact) mass is 290 g/mol. The van der Waals surface area contributed by atoms with Gasteiger partial charge in [-0.15, -0.1) is 0 Å². The number of carbonyl (C=O) groups is 1. The quantitative estimate of drug-likeness (QED) is 0.796. The summed E-state index contributed by atoms with van der Waals surface area (Å²) in [5, 5.41) is 0. The lowest BCUT2D eigenvalue weighted by molar-refractivity contribution is -0.360. The van der Waals surface area contributed by atoms with Gasteiger partial charge in [-0.25, -0.2) is 0 Å². The number of rotatable bonds is 4. The van der Waals surface area contributed by atoms with Gasteiger partial charge in [0.2, 0.25) is 0 Å². The zero-order valence-corrected chi connectivity index (χ0v) is 13.2. The highest BCUT2D eigenvalue weighted by molar-refractivity contribution is 6.03. The number of ether oxygens (including phenoxy) is 3. The molecule has 0 spiro atoms. The molecule has 0 fully saturated rings. The van der Waals surface area contributed by atoms with Crippen LogP contribution in [0.3, 0.4) is 0 Å². The highest BCUT2D eigenvalue weighted by Gasteiger charge is 2.51. The molecule has 1 aliphatic rings. The van der Waals surface area contributed by atoms with Gasteiger partial charge in [-0.1, -0.05) is 30.3 Å². The number of hydrogen-bond acceptors (Lipinski definition) is 4. The van der Waals surface area contributed by atoms with Crippen molar-refractivity contribution in [2.24, 2.45) is 0 Å². The summed E-state index contributed by atoms with van der Waals surface area (Å²) in [5.74, 6) is -1.56. The van der Waals surface area contributed by atoms with Crippen molar-refractivity contribution >= 4 is 11.5 Å². The van der Waals surface area contributed by atoms with E-state index in [-0.39, 0.29) is 11.9 Å². The molecule has 21 heavy (non-hydrogen) atoms. The van der Waals surface area contributed by atoms with Crippen molar-refractivity contribution in [3.05, 3.63) is 42.0 Å². The van der Waals surface area contributed by atoms with Crippen molar-refractivity contribution in [2.45, 2.75) is 52.3 Å². The van der Waals surface area contributed by atoms with E-state index in [0.717, 1.165) is 5.56 Å². The first-order valence-corrected chi connectivity index (χ1v) is 7.10. The Balaban J connectivity index is 2.31. The highest BCUT2D eigenvalue weighted by Crippen LogP contribution is 2.37. The van der Waals surface area contributed by atoms with Crippen LogP contribution in [0.4, 0.5) is 0 Å². The van der Waals surface area contributed by atoms with Crippen molar-refractivity contribution in [1.82, 2.24) is 0 Å². The van der Waals surface area contributed by atoms with E-state index in [1.54, 1.807) is 0 Å². The fourth-order valence-electron chi connectivity index (χ4n) is 2.07. The maximum Gasteiger partial charge on any atom is 0.396 e. The lowest BCUT2D eigenvalue weighted by atomic mass is 10.1. The predicted molar refractivity (Wildman–Crippen MR) is 80.3 cm³/mol. The Morgan fingerprint density at radius 3 is 2.29 bits per heavy atom. The van der Waals surface area contributed by atoms with E-state index < -0.39 is 11.6 Å². The lowest BCUT2D eigenvalue weighted by Gasteiger charge is -2.35. The third-order valence-corrected chi connectivity index (χ3v) is 2.70. The molecule has 0 bridgehead atoms. The Kier molecular flexibility index (Phi) is 4.21. The van der Waals surface area contributed by atoms with Crippen LogP contribution in [0.2, 0.25) is 0 Å². The van der Waals surface area contributed by atoms with Crippen LogP contribution in [-0.2, 0) is 19.0 Å². The van der Waals surface area contributed by atoms with Gasteiger partial charge in [-0.3, -0.25) is 4.79 Å². The van der Waals surface area contributed by atoms with Crippen LogP contribution in [0.15, 0.2) is 36.4 Å². The molecule has 1 aliphatic heterocycles. The molecule has 0 saturated heterocycles. The van der Waals surface area contributed by atoms with E-state index in [4.69, 9.17) is 14.2 Å². The molecule has 1 aromatic rings. The molecule has 2 rings (SSSR count). The molecule has 0 aromatic heterocycles. The van der Waals surface area contributed by atoms with Gasteiger partial charge < -0.3 is 14.2 Å². The Hall–Kier alpha value is -1.65. The molecule has 4 heteroatoms. The van der Waals surface area contributed by atoms with E-state index in [1.807, 2.05) is 65.0 Å². The van der Waals surface area contributed by atoms with Crippen LogP contribution in [-0.4, -0.2) is 23.5 Å².